The lowest BCUT2D eigenvalue weighted by Crippen LogP contribution is -2.44. The Kier molecular flexibility index (Phi) is 7.79. The molecule has 0 bridgehead atoms. The summed E-state index contributed by atoms with van der Waals surface area (Å²) in [6.45, 7) is 0.276. The minimum Gasteiger partial charge on any atom is -0.493 e. The summed E-state index contributed by atoms with van der Waals surface area (Å²) in [4.78, 5) is 29.8. The molecule has 0 radical (unpaired) electrons. The molecule has 0 spiro atoms. The van der Waals surface area contributed by atoms with Crippen molar-refractivity contribution in [3.05, 3.63) is 113 Å². The zero-order chi connectivity index (χ0) is 27.2. The van der Waals surface area contributed by atoms with Gasteiger partial charge in [-0.3, -0.25) is 14.5 Å². The molecule has 0 aliphatic rings. The number of carbonyl (C=O) groups excluding carboxylic acids is 2. The van der Waals surface area contributed by atoms with Gasteiger partial charge in [0, 0.05) is 22.9 Å². The number of carbonyl (C=O) groups is 2. The minimum absolute atomic E-state index is 0.135. The van der Waals surface area contributed by atoms with Crippen molar-refractivity contribution in [3.63, 3.8) is 0 Å². The Bertz CT molecular complexity index is 1590. The van der Waals surface area contributed by atoms with E-state index >= 15 is 0 Å². The van der Waals surface area contributed by atoms with Crippen molar-refractivity contribution >= 4 is 39.8 Å². The Hall–Kier alpha value is -4.76. The van der Waals surface area contributed by atoms with Crippen LogP contribution in [0.2, 0.25) is 0 Å². The van der Waals surface area contributed by atoms with Crippen LogP contribution in [0.1, 0.15) is 27.7 Å². The van der Waals surface area contributed by atoms with Crippen molar-refractivity contribution in [3.8, 4) is 11.5 Å². The molecule has 0 saturated heterocycles. The molecule has 39 heavy (non-hydrogen) atoms. The highest BCUT2D eigenvalue weighted by molar-refractivity contribution is 7.03. The summed E-state index contributed by atoms with van der Waals surface area (Å²) in [6.07, 6.45) is 0. The Morgan fingerprint density at radius 1 is 0.897 bits per heavy atom. The molecule has 1 heterocycles. The van der Waals surface area contributed by atoms with Crippen molar-refractivity contribution in [2.45, 2.75) is 12.6 Å². The lowest BCUT2D eigenvalue weighted by atomic mass is 9.99. The van der Waals surface area contributed by atoms with Crippen molar-refractivity contribution in [1.82, 2.24) is 14.9 Å². The van der Waals surface area contributed by atoms with Gasteiger partial charge >= 0.3 is 0 Å². The van der Waals surface area contributed by atoms with Crippen LogP contribution in [-0.2, 0) is 11.3 Å². The highest BCUT2D eigenvalue weighted by Gasteiger charge is 2.37. The van der Waals surface area contributed by atoms with Gasteiger partial charge in [0.15, 0.2) is 17.2 Å². The van der Waals surface area contributed by atoms with Gasteiger partial charge in [0.2, 0.25) is 5.91 Å². The third-order valence-electron chi connectivity index (χ3n) is 6.37. The highest BCUT2D eigenvalue weighted by Crippen LogP contribution is 2.41. The zero-order valence-corrected chi connectivity index (χ0v) is 22.2. The van der Waals surface area contributed by atoms with Crippen LogP contribution in [0.25, 0.3) is 10.8 Å². The van der Waals surface area contributed by atoms with Crippen LogP contribution in [-0.4, -0.2) is 35.6 Å². The van der Waals surface area contributed by atoms with Gasteiger partial charge in [0.1, 0.15) is 6.04 Å². The molecule has 1 N–H and O–H groups in total. The van der Waals surface area contributed by atoms with Crippen LogP contribution < -0.4 is 19.7 Å². The molecule has 0 aliphatic carbocycles. The molecule has 9 heteroatoms. The Balaban J connectivity index is 1.72. The monoisotopic (exact) mass is 538 g/mol. The smallest absolute Gasteiger partial charge is 0.280 e. The van der Waals surface area contributed by atoms with E-state index in [-0.39, 0.29) is 12.2 Å². The summed E-state index contributed by atoms with van der Waals surface area (Å²) in [7, 11) is 3.04. The largest absolute Gasteiger partial charge is 0.493 e. The van der Waals surface area contributed by atoms with Gasteiger partial charge in [-0.25, -0.2) is 0 Å². The van der Waals surface area contributed by atoms with E-state index in [1.54, 1.807) is 23.6 Å². The van der Waals surface area contributed by atoms with Gasteiger partial charge in [-0.05, 0) is 34.6 Å². The fraction of sp³-hybridized carbons (Fsp3) is 0.133. The quantitative estimate of drug-likeness (QED) is 0.270. The first-order chi connectivity index (χ1) is 19.1. The average Bonchev–Trinajstić information content (AvgIpc) is 3.53. The van der Waals surface area contributed by atoms with E-state index in [0.717, 1.165) is 27.9 Å². The second-order valence-electron chi connectivity index (χ2n) is 8.65. The van der Waals surface area contributed by atoms with Crippen LogP contribution >= 0.6 is 11.5 Å². The van der Waals surface area contributed by atoms with E-state index in [4.69, 9.17) is 9.47 Å². The molecule has 196 valence electrons. The SMILES string of the molecule is COc1cccc(C(C(=O)NCc2ccccc2)N(C(=O)c2csnn2)c2cccc3ccccc23)c1OC. The van der Waals surface area contributed by atoms with Crippen molar-refractivity contribution < 1.29 is 19.1 Å². The lowest BCUT2D eigenvalue weighted by Gasteiger charge is -2.32. The maximum atomic E-state index is 14.2. The molecule has 1 atom stereocenters. The second kappa shape index (κ2) is 11.7. The van der Waals surface area contributed by atoms with E-state index < -0.39 is 17.9 Å². The maximum absolute atomic E-state index is 14.2. The summed E-state index contributed by atoms with van der Waals surface area (Å²) in [6, 6.07) is 27.1. The minimum atomic E-state index is -1.13. The number of methoxy groups -OCH3 is 2. The van der Waals surface area contributed by atoms with Gasteiger partial charge in [-0.15, -0.1) is 5.10 Å². The first-order valence-electron chi connectivity index (χ1n) is 12.2. The number of nitrogens with zero attached hydrogens (tertiary/aromatic N) is 3. The molecule has 0 aliphatic heterocycles. The van der Waals surface area contributed by atoms with E-state index in [9.17, 15) is 9.59 Å². The highest BCUT2D eigenvalue weighted by atomic mass is 32.1. The van der Waals surface area contributed by atoms with Gasteiger partial charge in [0.25, 0.3) is 5.91 Å². The molecule has 5 rings (SSSR count). The van der Waals surface area contributed by atoms with Gasteiger partial charge in [-0.1, -0.05) is 83.4 Å². The molecule has 1 aromatic heterocycles. The fourth-order valence-electron chi connectivity index (χ4n) is 4.57. The van der Waals surface area contributed by atoms with Crippen molar-refractivity contribution in [1.29, 1.82) is 0 Å². The first kappa shape index (κ1) is 25.9. The molecule has 5 aromatic rings. The molecule has 1 unspecified atom stereocenters. The Labute approximate surface area is 230 Å². The average molecular weight is 539 g/mol. The number of aromatic nitrogens is 2. The standard InChI is InChI=1S/C30H26N4O4S/c1-37-26-17-9-15-23(28(26)38-2)27(29(35)31-18-20-10-4-3-5-11-20)34(30(36)24-19-39-33-32-24)25-16-8-13-21-12-6-7-14-22(21)25/h3-17,19,27H,18H2,1-2H3,(H,31,35). The summed E-state index contributed by atoms with van der Waals surface area (Å²) in [5.41, 5.74) is 2.08. The predicted octanol–water partition coefficient (Wildman–Crippen LogP) is 5.41. The Morgan fingerprint density at radius 2 is 1.64 bits per heavy atom. The van der Waals surface area contributed by atoms with E-state index in [1.807, 2.05) is 72.8 Å². The normalized spacial score (nSPS) is 11.5. The van der Waals surface area contributed by atoms with Crippen molar-refractivity contribution in [2.24, 2.45) is 0 Å². The molecular weight excluding hydrogens is 512 g/mol. The van der Waals surface area contributed by atoms with E-state index in [1.165, 1.54) is 19.1 Å². The van der Waals surface area contributed by atoms with Crippen LogP contribution in [0, 0.1) is 0 Å². The number of nitrogens with one attached hydrogen (secondary N) is 1. The van der Waals surface area contributed by atoms with Crippen LogP contribution in [0.5, 0.6) is 11.5 Å². The fourth-order valence-corrected chi connectivity index (χ4v) is 5.00. The summed E-state index contributed by atoms with van der Waals surface area (Å²) in [5.74, 6) is -0.0643. The number of para-hydroxylation sites is 1. The maximum Gasteiger partial charge on any atom is 0.280 e. The van der Waals surface area contributed by atoms with Gasteiger partial charge < -0.3 is 14.8 Å². The summed E-state index contributed by atoms with van der Waals surface area (Å²) in [5, 5.41) is 10.4. The number of anilines is 1. The molecule has 4 aromatic carbocycles. The number of hydrogen-bond acceptors (Lipinski definition) is 7. The lowest BCUT2D eigenvalue weighted by molar-refractivity contribution is -0.122. The van der Waals surface area contributed by atoms with Crippen molar-refractivity contribution in [2.75, 3.05) is 19.1 Å². The van der Waals surface area contributed by atoms with Crippen LogP contribution in [0.3, 0.4) is 0 Å². The molecule has 2 amide bonds. The molecule has 0 fully saturated rings. The molecular formula is C30H26N4O4S. The van der Waals surface area contributed by atoms with Gasteiger partial charge in [-0.2, -0.15) is 0 Å². The van der Waals surface area contributed by atoms with Crippen LogP contribution in [0.4, 0.5) is 5.69 Å². The third kappa shape index (κ3) is 5.30. The number of ether oxygens (including phenoxy) is 2. The summed E-state index contributed by atoms with van der Waals surface area (Å²) < 4.78 is 15.2. The number of fused-ring (bicyclic) bond motifs is 1. The van der Waals surface area contributed by atoms with E-state index in [2.05, 4.69) is 14.9 Å². The first-order valence-corrected chi connectivity index (χ1v) is 13.1. The number of rotatable bonds is 9. The number of benzene rings is 4. The zero-order valence-electron chi connectivity index (χ0n) is 21.4. The Morgan fingerprint density at radius 3 is 2.38 bits per heavy atom. The number of hydrogen-bond donors (Lipinski definition) is 1. The molecule has 0 saturated carbocycles. The third-order valence-corrected chi connectivity index (χ3v) is 6.87. The summed E-state index contributed by atoms with van der Waals surface area (Å²) >= 11 is 1.07. The predicted molar refractivity (Wildman–Crippen MR) is 151 cm³/mol. The second-order valence-corrected chi connectivity index (χ2v) is 9.26. The number of amides is 2. The topological polar surface area (TPSA) is 93.7 Å². The van der Waals surface area contributed by atoms with Crippen LogP contribution in [0.15, 0.2) is 96.4 Å². The molecule has 8 nitrogen and oxygen atoms in total. The van der Waals surface area contributed by atoms with Gasteiger partial charge in [0.05, 0.1) is 19.9 Å². The van der Waals surface area contributed by atoms with E-state index in [0.29, 0.717) is 22.7 Å².